The third-order valence-corrected chi connectivity index (χ3v) is 5.20. The van der Waals surface area contributed by atoms with Crippen molar-refractivity contribution >= 4 is 39.8 Å². The van der Waals surface area contributed by atoms with Gasteiger partial charge in [-0.3, -0.25) is 19.4 Å². The fourth-order valence-corrected chi connectivity index (χ4v) is 3.96. The lowest BCUT2D eigenvalue weighted by Crippen LogP contribution is -2.49. The van der Waals surface area contributed by atoms with Gasteiger partial charge in [-0.2, -0.15) is 0 Å². The smallest absolute Gasteiger partial charge is 0.326 e. The predicted octanol–water partition coefficient (Wildman–Crippen LogP) is -2.45. The van der Waals surface area contributed by atoms with Gasteiger partial charge >= 0.3 is 5.97 Å². The molecular formula is C15H25B3N4O4. The molecule has 0 aromatic carbocycles. The fourth-order valence-electron chi connectivity index (χ4n) is 3.96. The van der Waals surface area contributed by atoms with Crippen molar-refractivity contribution in [1.82, 2.24) is 19.9 Å². The molecule has 0 bridgehead atoms. The number of rotatable bonds is 7. The van der Waals surface area contributed by atoms with Gasteiger partial charge < -0.3 is 15.2 Å². The minimum absolute atomic E-state index is 0.00622. The average molecular weight is 358 g/mol. The SMILES string of the molecule is [B]B([B])NC1CC(C(=O)N2CC(N(C)CC(C)=O)CC2C(=O)O)N(C)C1. The number of Topliss-reactive ketones (excluding diaryl/α,β-unsaturated/α-hetero) is 1. The number of carbonyl (C=O) groups excluding carboxylic acids is 2. The zero-order chi connectivity index (χ0) is 19.6. The number of ketones is 1. The first-order chi connectivity index (χ1) is 12.1. The molecule has 2 heterocycles. The van der Waals surface area contributed by atoms with Crippen LogP contribution in [0.15, 0.2) is 0 Å². The highest BCUT2D eigenvalue weighted by Crippen LogP contribution is 2.26. The summed E-state index contributed by atoms with van der Waals surface area (Å²) in [7, 11) is 14.7. The Hall–Kier alpha value is -1.32. The Kier molecular flexibility index (Phi) is 6.93. The third-order valence-electron chi connectivity index (χ3n) is 5.20. The molecule has 2 N–H and O–H groups in total. The van der Waals surface area contributed by atoms with Crippen LogP contribution in [-0.4, -0.2) is 117 Å². The maximum atomic E-state index is 13.0. The highest BCUT2D eigenvalue weighted by atomic mass is 16.4. The van der Waals surface area contributed by atoms with E-state index in [1.54, 1.807) is 7.05 Å². The van der Waals surface area contributed by atoms with Gasteiger partial charge in [0.05, 0.1) is 12.6 Å². The van der Waals surface area contributed by atoms with Gasteiger partial charge in [0, 0.05) is 40.6 Å². The van der Waals surface area contributed by atoms with Crippen LogP contribution in [0.5, 0.6) is 0 Å². The fraction of sp³-hybridized carbons (Fsp3) is 0.800. The molecule has 8 nitrogen and oxygen atoms in total. The molecule has 2 fully saturated rings. The van der Waals surface area contributed by atoms with Crippen LogP contribution in [0, 0.1) is 0 Å². The van der Waals surface area contributed by atoms with E-state index in [-0.39, 0.29) is 30.3 Å². The lowest BCUT2D eigenvalue weighted by atomic mass is 9.27. The molecule has 2 aliphatic rings. The summed E-state index contributed by atoms with van der Waals surface area (Å²) in [6.07, 6.45) is 0.841. The number of carbonyl (C=O) groups is 3. The van der Waals surface area contributed by atoms with E-state index in [4.69, 9.17) is 15.5 Å². The van der Waals surface area contributed by atoms with Crippen LogP contribution in [0.1, 0.15) is 19.8 Å². The van der Waals surface area contributed by atoms with Gasteiger partial charge in [-0.15, -0.1) is 0 Å². The van der Waals surface area contributed by atoms with Crippen molar-refractivity contribution in [3.05, 3.63) is 0 Å². The van der Waals surface area contributed by atoms with E-state index in [0.717, 1.165) is 0 Å². The van der Waals surface area contributed by atoms with Gasteiger partial charge in [0.15, 0.2) is 0 Å². The summed E-state index contributed by atoms with van der Waals surface area (Å²) in [6.45, 7) is 1.98. The molecule has 26 heavy (non-hydrogen) atoms. The van der Waals surface area contributed by atoms with Crippen LogP contribution in [-0.2, 0) is 14.4 Å². The number of hydrogen-bond acceptors (Lipinski definition) is 6. The number of carboxylic acid groups (broad SMARTS) is 1. The Balaban J connectivity index is 2.08. The van der Waals surface area contributed by atoms with E-state index in [0.29, 0.717) is 25.9 Å². The maximum absolute atomic E-state index is 13.0. The van der Waals surface area contributed by atoms with E-state index in [1.807, 2.05) is 16.8 Å². The van der Waals surface area contributed by atoms with Gasteiger partial charge in [-0.05, 0) is 33.9 Å². The molecule has 2 saturated heterocycles. The Morgan fingerprint density at radius 2 is 1.88 bits per heavy atom. The van der Waals surface area contributed by atoms with Crippen LogP contribution in [0.4, 0.5) is 0 Å². The standard InChI is InChI=1S/C15H25B3N4O4/c1-9(23)6-20(2)11-5-13(15(25)26)22(8-11)14(24)12-4-10(7-21(12)3)19-18(16)17/h10-13,19H,4-8H2,1-3H3,(H,25,26). The zero-order valence-electron chi connectivity index (χ0n) is 15.6. The van der Waals surface area contributed by atoms with Gasteiger partial charge in [-0.25, -0.2) is 4.79 Å². The first-order valence-electron chi connectivity index (χ1n) is 8.80. The topological polar surface area (TPSA) is 93.2 Å². The lowest BCUT2D eigenvalue weighted by Gasteiger charge is -2.28. The van der Waals surface area contributed by atoms with Crippen LogP contribution in [0.25, 0.3) is 0 Å². The molecule has 0 aromatic rings. The Morgan fingerprint density at radius 1 is 1.23 bits per heavy atom. The van der Waals surface area contributed by atoms with Crippen LogP contribution >= 0.6 is 0 Å². The first-order valence-corrected chi connectivity index (χ1v) is 8.80. The van der Waals surface area contributed by atoms with Gasteiger partial charge in [0.1, 0.15) is 18.5 Å². The minimum atomic E-state index is -1.02. The van der Waals surface area contributed by atoms with Crippen LogP contribution < -0.4 is 5.23 Å². The molecule has 2 aliphatic heterocycles. The zero-order valence-corrected chi connectivity index (χ0v) is 15.6. The second-order valence-electron chi connectivity index (χ2n) is 7.43. The average Bonchev–Trinajstić information content (AvgIpc) is 3.09. The molecule has 11 heteroatoms. The van der Waals surface area contributed by atoms with E-state index in [1.165, 1.54) is 11.8 Å². The van der Waals surface area contributed by atoms with Gasteiger partial charge in [0.2, 0.25) is 5.91 Å². The second-order valence-corrected chi connectivity index (χ2v) is 7.43. The van der Waals surface area contributed by atoms with E-state index in [2.05, 4.69) is 5.23 Å². The normalized spacial score (nSPS) is 29.3. The van der Waals surface area contributed by atoms with Crippen molar-refractivity contribution in [2.24, 2.45) is 0 Å². The van der Waals surface area contributed by atoms with Crippen molar-refractivity contribution in [2.75, 3.05) is 33.7 Å². The largest absolute Gasteiger partial charge is 0.480 e. The molecule has 2 rings (SSSR count). The second kappa shape index (κ2) is 8.58. The Morgan fingerprint density at radius 3 is 2.42 bits per heavy atom. The molecule has 1 amide bonds. The summed E-state index contributed by atoms with van der Waals surface area (Å²) in [6, 6.07) is -1.46. The Labute approximate surface area is 157 Å². The van der Waals surface area contributed by atoms with Crippen molar-refractivity contribution in [1.29, 1.82) is 0 Å². The summed E-state index contributed by atoms with van der Waals surface area (Å²) < 4.78 is 0. The monoisotopic (exact) mass is 358 g/mol. The van der Waals surface area contributed by atoms with Crippen molar-refractivity contribution in [3.63, 3.8) is 0 Å². The lowest BCUT2D eigenvalue weighted by molar-refractivity contribution is -0.149. The van der Waals surface area contributed by atoms with E-state index in [9.17, 15) is 19.5 Å². The predicted molar refractivity (Wildman–Crippen MR) is 100 cm³/mol. The minimum Gasteiger partial charge on any atom is -0.480 e. The molecular weight excluding hydrogens is 333 g/mol. The summed E-state index contributed by atoms with van der Waals surface area (Å²) >= 11 is 0. The molecule has 4 atom stereocenters. The molecule has 138 valence electrons. The molecule has 4 radical (unpaired) electrons. The van der Waals surface area contributed by atoms with Gasteiger partial charge in [0.25, 0.3) is 0 Å². The summed E-state index contributed by atoms with van der Waals surface area (Å²) in [5, 5.41) is 12.6. The van der Waals surface area contributed by atoms with E-state index >= 15 is 0 Å². The number of hydrogen-bond donors (Lipinski definition) is 2. The van der Waals surface area contributed by atoms with Crippen LogP contribution in [0.2, 0.25) is 0 Å². The highest BCUT2D eigenvalue weighted by Gasteiger charge is 2.45. The van der Waals surface area contributed by atoms with E-state index < -0.39 is 24.7 Å². The van der Waals surface area contributed by atoms with Crippen LogP contribution in [0.3, 0.4) is 0 Å². The number of carboxylic acids is 1. The summed E-state index contributed by atoms with van der Waals surface area (Å²) in [5.74, 6) is -1.21. The summed E-state index contributed by atoms with van der Waals surface area (Å²) in [5.41, 5.74) is 0. The summed E-state index contributed by atoms with van der Waals surface area (Å²) in [4.78, 5) is 41.2. The quantitative estimate of drug-likeness (QED) is 0.488. The number of likely N-dealkylation sites (tertiary alicyclic amines) is 2. The van der Waals surface area contributed by atoms with Crippen molar-refractivity contribution in [2.45, 2.75) is 43.9 Å². The molecule has 0 saturated carbocycles. The van der Waals surface area contributed by atoms with Crippen molar-refractivity contribution in [3.8, 4) is 0 Å². The maximum Gasteiger partial charge on any atom is 0.326 e. The molecule has 0 spiro atoms. The molecule has 4 unspecified atom stereocenters. The number of likely N-dealkylation sites (N-methyl/N-ethyl adjacent to an activating group) is 2. The van der Waals surface area contributed by atoms with Gasteiger partial charge in [-0.1, -0.05) is 0 Å². The highest BCUT2D eigenvalue weighted by molar-refractivity contribution is 7.28. The first kappa shape index (κ1) is 21.0. The molecule has 0 aromatic heterocycles. The molecule has 0 aliphatic carbocycles. The number of nitrogens with one attached hydrogen (secondary N) is 1. The third kappa shape index (κ3) is 4.89. The Bertz CT molecular complexity index is 565. The number of aliphatic carboxylic acids is 1. The number of nitrogens with zero attached hydrogens (tertiary/aromatic N) is 3. The van der Waals surface area contributed by atoms with Crippen molar-refractivity contribution < 1.29 is 19.5 Å². The number of amides is 1.